The molecule has 0 saturated heterocycles. The van der Waals surface area contributed by atoms with E-state index in [1.807, 2.05) is 19.2 Å². The maximum atomic E-state index is 12.6. The zero-order valence-electron chi connectivity index (χ0n) is 14.7. The van der Waals surface area contributed by atoms with Crippen molar-refractivity contribution in [2.24, 2.45) is 7.05 Å². The average molecular weight is 433 g/mol. The molecule has 0 N–H and O–H groups in total. The van der Waals surface area contributed by atoms with E-state index in [1.54, 1.807) is 35.0 Å². The zero-order valence-corrected chi connectivity index (χ0v) is 16.3. The van der Waals surface area contributed by atoms with Crippen LogP contribution in [0.1, 0.15) is 21.6 Å². The molecule has 0 bridgehead atoms. The molecule has 0 aliphatic carbocycles. The Labute approximate surface area is 163 Å². The molecule has 9 nitrogen and oxygen atoms in total. The third-order valence-electron chi connectivity index (χ3n) is 4.12. The molecule has 1 aromatic carbocycles. The Bertz CT molecular complexity index is 959. The maximum Gasteiger partial charge on any atom is 0.307 e. The van der Waals surface area contributed by atoms with Crippen LogP contribution in [0.15, 0.2) is 47.3 Å². The van der Waals surface area contributed by atoms with E-state index in [-0.39, 0.29) is 11.6 Å². The van der Waals surface area contributed by atoms with Gasteiger partial charge < -0.3 is 4.90 Å². The molecule has 1 amide bonds. The molecule has 2 heterocycles. The van der Waals surface area contributed by atoms with Gasteiger partial charge in [-0.25, -0.2) is 0 Å². The monoisotopic (exact) mass is 432 g/mol. The summed E-state index contributed by atoms with van der Waals surface area (Å²) in [5.41, 5.74) is 2.31. The molecule has 0 saturated carbocycles. The summed E-state index contributed by atoms with van der Waals surface area (Å²) in [5.74, 6) is -0.107. The van der Waals surface area contributed by atoms with Crippen LogP contribution in [-0.4, -0.2) is 42.3 Å². The van der Waals surface area contributed by atoms with Crippen molar-refractivity contribution < 1.29 is 9.72 Å². The summed E-state index contributed by atoms with van der Waals surface area (Å²) in [7, 11) is 3.56. The van der Waals surface area contributed by atoms with Crippen LogP contribution in [-0.2, 0) is 20.1 Å². The first-order valence-electron chi connectivity index (χ1n) is 8.03. The second kappa shape index (κ2) is 7.70. The van der Waals surface area contributed by atoms with Crippen LogP contribution in [0.4, 0.5) is 5.69 Å². The summed E-state index contributed by atoms with van der Waals surface area (Å²) < 4.78 is 4.06. The lowest BCUT2D eigenvalue weighted by molar-refractivity contribution is -0.385. The van der Waals surface area contributed by atoms with Crippen molar-refractivity contribution >= 4 is 27.5 Å². The normalized spacial score (nSPS) is 10.8. The Balaban J connectivity index is 1.66. The fourth-order valence-corrected chi connectivity index (χ4v) is 3.08. The lowest BCUT2D eigenvalue weighted by Crippen LogP contribution is -2.27. The summed E-state index contributed by atoms with van der Waals surface area (Å²) in [5, 5.41) is 18.8. The van der Waals surface area contributed by atoms with Crippen molar-refractivity contribution in [1.82, 2.24) is 24.5 Å². The van der Waals surface area contributed by atoms with Crippen LogP contribution >= 0.6 is 15.9 Å². The van der Waals surface area contributed by atoms with E-state index in [0.29, 0.717) is 18.7 Å². The van der Waals surface area contributed by atoms with E-state index < -0.39 is 4.92 Å². The molecule has 0 unspecified atom stereocenters. The SMILES string of the molecule is CN(Cc1c(Br)cnn1C)C(=O)c1ccc(Cn2cc([N+](=O)[O-])cn2)cc1. The predicted molar refractivity (Wildman–Crippen MR) is 101 cm³/mol. The highest BCUT2D eigenvalue weighted by molar-refractivity contribution is 9.10. The number of hydrogen-bond donors (Lipinski definition) is 0. The van der Waals surface area contributed by atoms with E-state index in [4.69, 9.17) is 0 Å². The Morgan fingerprint density at radius 2 is 1.96 bits per heavy atom. The van der Waals surface area contributed by atoms with E-state index in [9.17, 15) is 14.9 Å². The molecule has 0 spiro atoms. The van der Waals surface area contributed by atoms with Crippen molar-refractivity contribution in [2.45, 2.75) is 13.1 Å². The topological polar surface area (TPSA) is 99.1 Å². The molecule has 0 aliphatic rings. The minimum Gasteiger partial charge on any atom is -0.336 e. The van der Waals surface area contributed by atoms with Gasteiger partial charge in [0.15, 0.2) is 0 Å². The standard InChI is InChI=1S/C17H17BrN6O3/c1-21(11-16-15(18)8-19-22(16)2)17(25)13-5-3-12(4-6-13)9-23-10-14(7-20-23)24(26)27/h3-8,10H,9,11H2,1-2H3. The largest absolute Gasteiger partial charge is 0.336 e. The van der Waals surface area contributed by atoms with E-state index in [0.717, 1.165) is 15.7 Å². The number of halogens is 1. The van der Waals surface area contributed by atoms with Crippen molar-refractivity contribution in [2.75, 3.05) is 7.05 Å². The highest BCUT2D eigenvalue weighted by atomic mass is 79.9. The molecule has 0 aliphatic heterocycles. The average Bonchev–Trinajstić information content (AvgIpc) is 3.24. The maximum absolute atomic E-state index is 12.6. The Hall–Kier alpha value is -3.01. The minimum atomic E-state index is -0.484. The summed E-state index contributed by atoms with van der Waals surface area (Å²) in [4.78, 5) is 24.5. The number of benzene rings is 1. The number of nitro groups is 1. The lowest BCUT2D eigenvalue weighted by Gasteiger charge is -2.18. The predicted octanol–water partition coefficient (Wildman–Crippen LogP) is 2.61. The van der Waals surface area contributed by atoms with Crippen molar-refractivity contribution in [3.8, 4) is 0 Å². The van der Waals surface area contributed by atoms with Crippen LogP contribution in [0.3, 0.4) is 0 Å². The molecular weight excluding hydrogens is 416 g/mol. The highest BCUT2D eigenvalue weighted by Crippen LogP contribution is 2.18. The number of aromatic nitrogens is 4. The van der Waals surface area contributed by atoms with Crippen LogP contribution in [0.2, 0.25) is 0 Å². The Morgan fingerprint density at radius 3 is 2.52 bits per heavy atom. The number of aryl methyl sites for hydroxylation is 1. The van der Waals surface area contributed by atoms with Gasteiger partial charge in [-0.15, -0.1) is 0 Å². The van der Waals surface area contributed by atoms with Gasteiger partial charge in [-0.05, 0) is 33.6 Å². The molecule has 0 radical (unpaired) electrons. The summed E-state index contributed by atoms with van der Waals surface area (Å²) in [6.07, 6.45) is 4.28. The summed E-state index contributed by atoms with van der Waals surface area (Å²) in [6.45, 7) is 0.814. The summed E-state index contributed by atoms with van der Waals surface area (Å²) >= 11 is 3.43. The first-order valence-corrected chi connectivity index (χ1v) is 8.82. The van der Waals surface area contributed by atoms with Gasteiger partial charge in [0.1, 0.15) is 12.4 Å². The van der Waals surface area contributed by atoms with Gasteiger partial charge in [0.25, 0.3) is 5.91 Å². The third-order valence-corrected chi connectivity index (χ3v) is 4.78. The highest BCUT2D eigenvalue weighted by Gasteiger charge is 2.16. The lowest BCUT2D eigenvalue weighted by atomic mass is 10.1. The molecule has 0 atom stereocenters. The van der Waals surface area contributed by atoms with Crippen LogP contribution in [0.5, 0.6) is 0 Å². The number of nitrogens with zero attached hydrogens (tertiary/aromatic N) is 6. The van der Waals surface area contributed by atoms with Crippen LogP contribution in [0, 0.1) is 10.1 Å². The van der Waals surface area contributed by atoms with Gasteiger partial charge >= 0.3 is 5.69 Å². The van der Waals surface area contributed by atoms with Gasteiger partial charge in [-0.3, -0.25) is 24.3 Å². The van der Waals surface area contributed by atoms with Crippen molar-refractivity contribution in [3.05, 3.63) is 74.3 Å². The minimum absolute atomic E-state index is 0.0512. The second-order valence-electron chi connectivity index (χ2n) is 6.07. The van der Waals surface area contributed by atoms with Gasteiger partial charge in [-0.1, -0.05) is 12.1 Å². The molecule has 3 rings (SSSR count). The fraction of sp³-hybridized carbons (Fsp3) is 0.235. The second-order valence-corrected chi connectivity index (χ2v) is 6.93. The van der Waals surface area contributed by atoms with Crippen molar-refractivity contribution in [3.63, 3.8) is 0 Å². The Kier molecular flexibility index (Phi) is 5.36. The van der Waals surface area contributed by atoms with E-state index in [1.165, 1.54) is 17.1 Å². The quantitative estimate of drug-likeness (QED) is 0.440. The van der Waals surface area contributed by atoms with Crippen LogP contribution < -0.4 is 0 Å². The van der Waals surface area contributed by atoms with Gasteiger partial charge in [0.2, 0.25) is 0 Å². The van der Waals surface area contributed by atoms with Gasteiger partial charge in [-0.2, -0.15) is 10.2 Å². The summed E-state index contributed by atoms with van der Waals surface area (Å²) in [6, 6.07) is 7.11. The molecular formula is C17H17BrN6O3. The first kappa shape index (κ1) is 18.8. The van der Waals surface area contributed by atoms with Crippen molar-refractivity contribution in [1.29, 1.82) is 0 Å². The zero-order chi connectivity index (χ0) is 19.6. The number of carbonyl (C=O) groups is 1. The fourth-order valence-electron chi connectivity index (χ4n) is 2.60. The molecule has 140 valence electrons. The number of hydrogen-bond acceptors (Lipinski definition) is 5. The van der Waals surface area contributed by atoms with Crippen LogP contribution in [0.25, 0.3) is 0 Å². The number of rotatable bonds is 6. The molecule has 2 aromatic heterocycles. The molecule has 27 heavy (non-hydrogen) atoms. The van der Waals surface area contributed by atoms with Gasteiger partial charge in [0.05, 0.1) is 34.4 Å². The number of carbonyl (C=O) groups excluding carboxylic acids is 1. The first-order chi connectivity index (χ1) is 12.8. The third kappa shape index (κ3) is 4.22. The van der Waals surface area contributed by atoms with E-state index >= 15 is 0 Å². The molecule has 3 aromatic rings. The molecule has 10 heteroatoms. The number of amides is 1. The van der Waals surface area contributed by atoms with Gasteiger partial charge in [0, 0.05) is 19.7 Å². The molecule has 0 fully saturated rings. The Morgan fingerprint density at radius 1 is 1.26 bits per heavy atom. The smallest absolute Gasteiger partial charge is 0.307 e. The van der Waals surface area contributed by atoms with E-state index in [2.05, 4.69) is 26.1 Å².